The fourth-order valence-corrected chi connectivity index (χ4v) is 5.73. The molecule has 0 N–H and O–H groups in total. The fourth-order valence-electron chi connectivity index (χ4n) is 4.60. The standard InChI is InChI=1S/C22H27N3O2S/c1-5-17(21(26)24-11-13(2)10-14(3)12-24)25-22(27)19-16-8-6-7-9-18(16)28-20(19)15(4)23-25/h6-9,13-14,17H,5,10-12H2,1-4H3. The molecule has 1 saturated heterocycles. The molecule has 0 bridgehead atoms. The number of aryl methyl sites for hydroxylation is 1. The molecule has 2 aromatic heterocycles. The monoisotopic (exact) mass is 397 g/mol. The smallest absolute Gasteiger partial charge is 0.276 e. The molecule has 0 saturated carbocycles. The predicted molar refractivity (Wildman–Crippen MR) is 115 cm³/mol. The summed E-state index contributed by atoms with van der Waals surface area (Å²) in [6, 6.07) is 7.40. The maximum atomic E-state index is 13.4. The van der Waals surface area contributed by atoms with Crippen LogP contribution in [0.3, 0.4) is 0 Å². The lowest BCUT2D eigenvalue weighted by Gasteiger charge is -2.36. The molecule has 3 heterocycles. The van der Waals surface area contributed by atoms with Crippen LogP contribution in [0.1, 0.15) is 45.3 Å². The Morgan fingerprint density at radius 3 is 2.61 bits per heavy atom. The van der Waals surface area contributed by atoms with Crippen molar-refractivity contribution in [3.8, 4) is 0 Å². The minimum absolute atomic E-state index is 0.0220. The van der Waals surface area contributed by atoms with Crippen LogP contribution in [0.2, 0.25) is 0 Å². The molecular weight excluding hydrogens is 370 g/mol. The van der Waals surface area contributed by atoms with Gasteiger partial charge in [-0.25, -0.2) is 4.68 Å². The predicted octanol–water partition coefficient (Wildman–Crippen LogP) is 4.38. The number of rotatable bonds is 3. The zero-order valence-corrected chi connectivity index (χ0v) is 17.8. The molecule has 28 heavy (non-hydrogen) atoms. The van der Waals surface area contributed by atoms with Crippen LogP contribution in [-0.2, 0) is 4.79 Å². The maximum Gasteiger partial charge on any atom is 0.276 e. The molecule has 0 aliphatic carbocycles. The highest BCUT2D eigenvalue weighted by atomic mass is 32.1. The second-order valence-electron chi connectivity index (χ2n) is 8.25. The number of thiophene rings is 1. The highest BCUT2D eigenvalue weighted by molar-refractivity contribution is 7.26. The maximum absolute atomic E-state index is 13.4. The van der Waals surface area contributed by atoms with E-state index in [1.54, 1.807) is 11.3 Å². The summed E-state index contributed by atoms with van der Waals surface area (Å²) in [5.74, 6) is 0.994. The van der Waals surface area contributed by atoms with Crippen molar-refractivity contribution in [1.29, 1.82) is 0 Å². The number of benzene rings is 1. The molecule has 3 atom stereocenters. The van der Waals surface area contributed by atoms with E-state index in [-0.39, 0.29) is 11.5 Å². The van der Waals surface area contributed by atoms with Gasteiger partial charge in [-0.3, -0.25) is 9.59 Å². The fraction of sp³-hybridized carbons (Fsp3) is 0.500. The molecular formula is C22H27N3O2S. The van der Waals surface area contributed by atoms with Crippen molar-refractivity contribution in [2.24, 2.45) is 11.8 Å². The normalized spacial score (nSPS) is 21.4. The first-order chi connectivity index (χ1) is 13.4. The summed E-state index contributed by atoms with van der Waals surface area (Å²) >= 11 is 1.60. The SMILES string of the molecule is CCC(C(=O)N1CC(C)CC(C)C1)n1nc(C)c2sc3ccccc3c2c1=O. The van der Waals surface area contributed by atoms with Gasteiger partial charge in [-0.15, -0.1) is 11.3 Å². The molecule has 0 spiro atoms. The number of amides is 1. The third-order valence-electron chi connectivity index (χ3n) is 5.75. The van der Waals surface area contributed by atoms with Crippen molar-refractivity contribution in [2.45, 2.75) is 46.6 Å². The number of hydrogen-bond donors (Lipinski definition) is 0. The summed E-state index contributed by atoms with van der Waals surface area (Å²) in [6.45, 7) is 9.78. The first-order valence-corrected chi connectivity index (χ1v) is 10.9. The largest absolute Gasteiger partial charge is 0.340 e. The zero-order valence-electron chi connectivity index (χ0n) is 16.9. The Kier molecular flexibility index (Phi) is 5.00. The molecule has 1 amide bonds. The van der Waals surface area contributed by atoms with Crippen molar-refractivity contribution in [3.63, 3.8) is 0 Å². The van der Waals surface area contributed by atoms with Crippen LogP contribution in [0.15, 0.2) is 29.1 Å². The van der Waals surface area contributed by atoms with Crippen molar-refractivity contribution in [3.05, 3.63) is 40.3 Å². The number of carbonyl (C=O) groups is 1. The van der Waals surface area contributed by atoms with Crippen LogP contribution in [0.25, 0.3) is 20.2 Å². The van der Waals surface area contributed by atoms with Crippen molar-refractivity contribution in [1.82, 2.24) is 14.7 Å². The minimum Gasteiger partial charge on any atom is -0.340 e. The topological polar surface area (TPSA) is 55.2 Å². The van der Waals surface area contributed by atoms with Crippen molar-refractivity contribution < 1.29 is 4.79 Å². The Labute approximate surface area is 169 Å². The van der Waals surface area contributed by atoms with Crippen molar-refractivity contribution in [2.75, 3.05) is 13.1 Å². The second-order valence-corrected chi connectivity index (χ2v) is 9.30. The molecule has 1 aromatic carbocycles. The number of aromatic nitrogens is 2. The molecule has 1 aliphatic heterocycles. The molecule has 5 nitrogen and oxygen atoms in total. The Morgan fingerprint density at radius 2 is 1.93 bits per heavy atom. The summed E-state index contributed by atoms with van der Waals surface area (Å²) in [4.78, 5) is 28.7. The molecule has 4 rings (SSSR count). The third kappa shape index (κ3) is 3.13. The van der Waals surface area contributed by atoms with Gasteiger partial charge in [0.05, 0.1) is 15.8 Å². The van der Waals surface area contributed by atoms with Gasteiger partial charge in [0.1, 0.15) is 6.04 Å². The van der Waals surface area contributed by atoms with Crippen LogP contribution in [0, 0.1) is 18.8 Å². The molecule has 3 aromatic rings. The quantitative estimate of drug-likeness (QED) is 0.659. The number of piperidine rings is 1. The van der Waals surface area contributed by atoms with Gasteiger partial charge in [0.2, 0.25) is 5.91 Å². The highest BCUT2D eigenvalue weighted by Crippen LogP contribution is 2.33. The lowest BCUT2D eigenvalue weighted by atomic mass is 9.91. The Hall–Kier alpha value is -2.21. The van der Waals surface area contributed by atoms with E-state index in [1.165, 1.54) is 4.68 Å². The van der Waals surface area contributed by atoms with Gasteiger partial charge in [0.15, 0.2) is 0 Å². The van der Waals surface area contributed by atoms with E-state index in [1.807, 2.05) is 43.0 Å². The van der Waals surface area contributed by atoms with Crippen molar-refractivity contribution >= 4 is 37.4 Å². The Bertz CT molecular complexity index is 1090. The van der Waals surface area contributed by atoms with Gasteiger partial charge < -0.3 is 4.90 Å². The van der Waals surface area contributed by atoms with Crippen LogP contribution in [0.5, 0.6) is 0 Å². The van der Waals surface area contributed by atoms with Gasteiger partial charge in [0, 0.05) is 23.2 Å². The number of carbonyl (C=O) groups excluding carboxylic acids is 1. The average Bonchev–Trinajstić information content (AvgIpc) is 3.06. The van der Waals surface area contributed by atoms with Gasteiger partial charge in [-0.2, -0.15) is 5.10 Å². The number of hydrogen-bond acceptors (Lipinski definition) is 4. The molecule has 6 heteroatoms. The van der Waals surface area contributed by atoms with Gasteiger partial charge in [0.25, 0.3) is 5.56 Å². The summed E-state index contributed by atoms with van der Waals surface area (Å²) < 4.78 is 3.45. The van der Waals surface area contributed by atoms with Gasteiger partial charge in [-0.1, -0.05) is 39.0 Å². The second kappa shape index (κ2) is 7.32. The van der Waals surface area contributed by atoms with Gasteiger partial charge in [-0.05, 0) is 37.7 Å². The molecule has 3 unspecified atom stereocenters. The van der Waals surface area contributed by atoms with Gasteiger partial charge >= 0.3 is 0 Å². The van der Waals surface area contributed by atoms with E-state index < -0.39 is 6.04 Å². The number of nitrogens with zero attached hydrogens (tertiary/aromatic N) is 3. The first-order valence-electron chi connectivity index (χ1n) is 10.1. The highest BCUT2D eigenvalue weighted by Gasteiger charge is 2.32. The van der Waals surface area contributed by atoms with Crippen LogP contribution >= 0.6 is 11.3 Å². The van der Waals surface area contributed by atoms with Crippen LogP contribution in [0.4, 0.5) is 0 Å². The van der Waals surface area contributed by atoms with E-state index in [9.17, 15) is 9.59 Å². The zero-order chi connectivity index (χ0) is 20.0. The molecule has 1 fully saturated rings. The summed E-state index contributed by atoms with van der Waals surface area (Å²) in [6.07, 6.45) is 1.70. The average molecular weight is 398 g/mol. The first kappa shape index (κ1) is 19.1. The summed E-state index contributed by atoms with van der Waals surface area (Å²) in [7, 11) is 0. The number of fused-ring (bicyclic) bond motifs is 3. The van der Waals surface area contributed by atoms with E-state index in [0.717, 1.165) is 40.0 Å². The van der Waals surface area contributed by atoms with E-state index in [0.29, 0.717) is 23.6 Å². The molecule has 148 valence electrons. The van der Waals surface area contributed by atoms with Crippen LogP contribution < -0.4 is 5.56 Å². The Morgan fingerprint density at radius 1 is 1.25 bits per heavy atom. The van der Waals surface area contributed by atoms with Crippen LogP contribution in [-0.4, -0.2) is 33.7 Å². The minimum atomic E-state index is -0.549. The lowest BCUT2D eigenvalue weighted by molar-refractivity contribution is -0.138. The molecule has 0 radical (unpaired) electrons. The third-order valence-corrected chi connectivity index (χ3v) is 7.03. The summed E-state index contributed by atoms with van der Waals surface area (Å²) in [5.41, 5.74) is 0.652. The van der Waals surface area contributed by atoms with E-state index in [4.69, 9.17) is 0 Å². The lowest BCUT2D eigenvalue weighted by Crippen LogP contribution is -2.47. The number of likely N-dealkylation sites (tertiary alicyclic amines) is 1. The summed E-state index contributed by atoms with van der Waals surface area (Å²) in [5, 5.41) is 6.24. The molecule has 1 aliphatic rings. The van der Waals surface area contributed by atoms with E-state index >= 15 is 0 Å². The Balaban J connectivity index is 1.82. The van der Waals surface area contributed by atoms with E-state index in [2.05, 4.69) is 18.9 Å².